The minimum Gasteiger partial charge on any atom is -0.409 e. The number of aromatic nitrogens is 3. The summed E-state index contributed by atoms with van der Waals surface area (Å²) < 4.78 is 1.89. The summed E-state index contributed by atoms with van der Waals surface area (Å²) in [6.07, 6.45) is 2.57. The van der Waals surface area contributed by atoms with Crippen LogP contribution in [0, 0.1) is 0 Å². The summed E-state index contributed by atoms with van der Waals surface area (Å²) in [4.78, 5) is 6.33. The molecular formula is C11H22N6O. The molecule has 0 fully saturated rings. The van der Waals surface area contributed by atoms with Crippen molar-refractivity contribution in [2.45, 2.75) is 46.3 Å². The van der Waals surface area contributed by atoms with Crippen molar-refractivity contribution in [2.75, 3.05) is 6.54 Å². The minimum absolute atomic E-state index is 0.199. The van der Waals surface area contributed by atoms with Gasteiger partial charge < -0.3 is 10.9 Å². The zero-order chi connectivity index (χ0) is 13.5. The van der Waals surface area contributed by atoms with Gasteiger partial charge in [0.1, 0.15) is 12.2 Å². The van der Waals surface area contributed by atoms with Crippen molar-refractivity contribution in [3.63, 3.8) is 0 Å². The molecular weight excluding hydrogens is 232 g/mol. The number of nitrogens with zero attached hydrogens (tertiary/aromatic N) is 5. The number of rotatable bonds is 7. The number of nitrogens with two attached hydrogens (primary N) is 1. The van der Waals surface area contributed by atoms with Crippen molar-refractivity contribution < 1.29 is 5.21 Å². The van der Waals surface area contributed by atoms with E-state index in [2.05, 4.69) is 40.9 Å². The molecule has 0 atom stereocenters. The predicted molar refractivity (Wildman–Crippen MR) is 69.3 cm³/mol. The van der Waals surface area contributed by atoms with Crippen LogP contribution in [0.3, 0.4) is 0 Å². The lowest BCUT2D eigenvalue weighted by Gasteiger charge is -2.25. The van der Waals surface area contributed by atoms with E-state index in [1.807, 2.05) is 4.68 Å². The molecule has 0 unspecified atom stereocenters. The lowest BCUT2D eigenvalue weighted by atomic mass is 10.3. The van der Waals surface area contributed by atoms with Crippen molar-refractivity contribution in [2.24, 2.45) is 10.9 Å². The molecule has 3 N–H and O–H groups in total. The summed E-state index contributed by atoms with van der Waals surface area (Å²) in [7, 11) is 0. The van der Waals surface area contributed by atoms with Crippen molar-refractivity contribution in [1.29, 1.82) is 0 Å². The average Bonchev–Trinajstić information content (AvgIpc) is 2.76. The summed E-state index contributed by atoms with van der Waals surface area (Å²) >= 11 is 0. The molecule has 1 heterocycles. The first kappa shape index (κ1) is 14.4. The standard InChI is InChI=1S/C11H22N6O/c1-4-5-17-11(13-8-14-17)7-16(9(2)3)6-10(12)15-18/h8-9,18H,4-7H2,1-3H3,(H2,12,15). The van der Waals surface area contributed by atoms with Crippen LogP contribution in [0.15, 0.2) is 11.5 Å². The van der Waals surface area contributed by atoms with Gasteiger partial charge in [0, 0.05) is 12.6 Å². The molecule has 0 saturated heterocycles. The molecule has 1 rings (SSSR count). The van der Waals surface area contributed by atoms with Gasteiger partial charge in [-0.25, -0.2) is 9.67 Å². The Hall–Kier alpha value is -1.63. The highest BCUT2D eigenvalue weighted by Gasteiger charge is 2.15. The largest absolute Gasteiger partial charge is 0.409 e. The van der Waals surface area contributed by atoms with Crippen LogP contribution in [0.2, 0.25) is 0 Å². The minimum atomic E-state index is 0.199. The SMILES string of the molecule is CCCn1ncnc1CN(CC(N)=NO)C(C)C. The second-order valence-corrected chi connectivity index (χ2v) is 4.49. The quantitative estimate of drug-likeness (QED) is 0.322. The van der Waals surface area contributed by atoms with E-state index in [0.29, 0.717) is 13.1 Å². The van der Waals surface area contributed by atoms with Gasteiger partial charge in [-0.1, -0.05) is 12.1 Å². The molecule has 7 nitrogen and oxygen atoms in total. The molecule has 0 aliphatic rings. The van der Waals surface area contributed by atoms with Crippen molar-refractivity contribution in [1.82, 2.24) is 19.7 Å². The van der Waals surface area contributed by atoms with E-state index < -0.39 is 0 Å². The van der Waals surface area contributed by atoms with E-state index >= 15 is 0 Å². The van der Waals surface area contributed by atoms with Crippen molar-refractivity contribution >= 4 is 5.84 Å². The van der Waals surface area contributed by atoms with E-state index in [4.69, 9.17) is 10.9 Å². The van der Waals surface area contributed by atoms with Gasteiger partial charge in [-0.2, -0.15) is 5.10 Å². The molecule has 0 radical (unpaired) electrons. The molecule has 7 heteroatoms. The second-order valence-electron chi connectivity index (χ2n) is 4.49. The summed E-state index contributed by atoms with van der Waals surface area (Å²) in [6, 6.07) is 0.275. The van der Waals surface area contributed by atoms with Gasteiger partial charge in [0.05, 0.1) is 13.1 Å². The normalized spacial score (nSPS) is 12.6. The van der Waals surface area contributed by atoms with Crippen LogP contribution in [0.1, 0.15) is 33.0 Å². The van der Waals surface area contributed by atoms with Gasteiger partial charge >= 0.3 is 0 Å². The molecule has 0 aromatic carbocycles. The smallest absolute Gasteiger partial charge is 0.153 e. The Labute approximate surface area is 107 Å². The van der Waals surface area contributed by atoms with E-state index in [9.17, 15) is 0 Å². The van der Waals surface area contributed by atoms with Crippen LogP contribution in [0.5, 0.6) is 0 Å². The number of aryl methyl sites for hydroxylation is 1. The Bertz CT molecular complexity index is 387. The second kappa shape index (κ2) is 6.95. The zero-order valence-corrected chi connectivity index (χ0v) is 11.2. The summed E-state index contributed by atoms with van der Waals surface area (Å²) in [5.74, 6) is 1.10. The Kier molecular flexibility index (Phi) is 5.57. The van der Waals surface area contributed by atoms with E-state index in [1.165, 1.54) is 0 Å². The molecule has 0 aliphatic heterocycles. The summed E-state index contributed by atoms with van der Waals surface area (Å²) in [5, 5.41) is 15.8. The number of hydrogen-bond acceptors (Lipinski definition) is 5. The Morgan fingerprint density at radius 3 is 2.89 bits per heavy atom. The maximum atomic E-state index is 8.63. The van der Waals surface area contributed by atoms with Crippen molar-refractivity contribution in [3.8, 4) is 0 Å². The third-order valence-corrected chi connectivity index (χ3v) is 2.70. The third kappa shape index (κ3) is 3.99. The highest BCUT2D eigenvalue weighted by Crippen LogP contribution is 2.06. The molecule has 102 valence electrons. The molecule has 1 aromatic heterocycles. The van der Waals surface area contributed by atoms with Gasteiger partial charge in [-0.3, -0.25) is 4.90 Å². The monoisotopic (exact) mass is 254 g/mol. The fourth-order valence-electron chi connectivity index (χ4n) is 1.65. The number of amidine groups is 1. The first-order chi connectivity index (χ1) is 8.58. The molecule has 1 aromatic rings. The highest BCUT2D eigenvalue weighted by molar-refractivity contribution is 5.81. The van der Waals surface area contributed by atoms with Gasteiger partial charge in [0.25, 0.3) is 0 Å². The van der Waals surface area contributed by atoms with Gasteiger partial charge in [0.15, 0.2) is 5.84 Å². The van der Waals surface area contributed by atoms with Crippen LogP contribution in [0.25, 0.3) is 0 Å². The topological polar surface area (TPSA) is 92.6 Å². The van der Waals surface area contributed by atoms with Crippen LogP contribution < -0.4 is 5.73 Å². The molecule has 0 aliphatic carbocycles. The summed E-state index contributed by atoms with van der Waals surface area (Å²) in [5.41, 5.74) is 5.55. The Balaban J connectivity index is 2.73. The summed E-state index contributed by atoms with van der Waals surface area (Å²) in [6.45, 7) is 8.12. The third-order valence-electron chi connectivity index (χ3n) is 2.70. The lowest BCUT2D eigenvalue weighted by Crippen LogP contribution is -2.38. The molecule has 0 bridgehead atoms. The van der Waals surface area contributed by atoms with E-state index in [1.54, 1.807) is 6.33 Å². The lowest BCUT2D eigenvalue weighted by molar-refractivity contribution is 0.228. The Morgan fingerprint density at radius 1 is 1.61 bits per heavy atom. The van der Waals surface area contributed by atoms with Crippen molar-refractivity contribution in [3.05, 3.63) is 12.2 Å². The zero-order valence-electron chi connectivity index (χ0n) is 11.2. The number of hydrogen-bond donors (Lipinski definition) is 2. The molecule has 18 heavy (non-hydrogen) atoms. The van der Waals surface area contributed by atoms with Crippen LogP contribution in [-0.4, -0.2) is 43.3 Å². The average molecular weight is 254 g/mol. The van der Waals surface area contributed by atoms with Gasteiger partial charge in [-0.05, 0) is 20.3 Å². The fourth-order valence-corrected chi connectivity index (χ4v) is 1.65. The van der Waals surface area contributed by atoms with Gasteiger partial charge in [-0.15, -0.1) is 0 Å². The maximum Gasteiger partial charge on any atom is 0.153 e. The first-order valence-electron chi connectivity index (χ1n) is 6.15. The fraction of sp³-hybridized carbons (Fsp3) is 0.727. The predicted octanol–water partition coefficient (Wildman–Crippen LogP) is 0.645. The van der Waals surface area contributed by atoms with E-state index in [0.717, 1.165) is 18.8 Å². The highest BCUT2D eigenvalue weighted by atomic mass is 16.4. The first-order valence-corrected chi connectivity index (χ1v) is 6.15. The molecule has 0 amide bonds. The maximum absolute atomic E-state index is 8.63. The number of oxime groups is 1. The van der Waals surface area contributed by atoms with Crippen LogP contribution in [0.4, 0.5) is 0 Å². The van der Waals surface area contributed by atoms with Crippen LogP contribution in [-0.2, 0) is 13.1 Å². The van der Waals surface area contributed by atoms with Gasteiger partial charge in [0.2, 0.25) is 0 Å². The molecule has 0 saturated carbocycles. The van der Waals surface area contributed by atoms with E-state index in [-0.39, 0.29) is 11.9 Å². The van der Waals surface area contributed by atoms with Crippen LogP contribution >= 0.6 is 0 Å². The molecule has 0 spiro atoms. The Morgan fingerprint density at radius 2 is 2.33 bits per heavy atom.